The summed E-state index contributed by atoms with van der Waals surface area (Å²) in [6.45, 7) is 1.94. The van der Waals surface area contributed by atoms with Gasteiger partial charge in [-0.3, -0.25) is 4.79 Å². The molecule has 1 heterocycles. The van der Waals surface area contributed by atoms with E-state index in [1.165, 1.54) is 18.6 Å². The van der Waals surface area contributed by atoms with E-state index in [-0.39, 0.29) is 23.9 Å². The number of carbonyl (C=O) groups is 2. The van der Waals surface area contributed by atoms with Crippen LogP contribution in [0.3, 0.4) is 0 Å². The van der Waals surface area contributed by atoms with Gasteiger partial charge in [0, 0.05) is 29.4 Å². The fourth-order valence-corrected chi connectivity index (χ4v) is 4.48. The summed E-state index contributed by atoms with van der Waals surface area (Å²) in [6, 6.07) is 21.9. The highest BCUT2D eigenvalue weighted by molar-refractivity contribution is 6.30. The maximum absolute atomic E-state index is 13.1. The number of benzene rings is 3. The Kier molecular flexibility index (Phi) is 7.30. The van der Waals surface area contributed by atoms with Crippen molar-refractivity contribution in [2.24, 2.45) is 0 Å². The summed E-state index contributed by atoms with van der Waals surface area (Å²) in [5.74, 6) is -1.12. The number of aromatic carboxylic acids is 1. The molecule has 1 aliphatic rings. The SMILES string of the molecule is O=C(Cc1ccc(C(=O)O)cc1)NC(c1ccccc1)c1ccc(Cl)cc1N1CCCCC1. The second-order valence-corrected chi connectivity index (χ2v) is 8.78. The number of nitrogens with zero attached hydrogens (tertiary/aromatic N) is 1. The largest absolute Gasteiger partial charge is 0.478 e. The van der Waals surface area contributed by atoms with Crippen molar-refractivity contribution in [3.05, 3.63) is 100 Å². The quantitative estimate of drug-likeness (QED) is 0.488. The number of rotatable bonds is 7. The molecule has 1 atom stereocenters. The zero-order chi connectivity index (χ0) is 23.2. The van der Waals surface area contributed by atoms with E-state index >= 15 is 0 Å². The molecule has 2 N–H and O–H groups in total. The Labute approximate surface area is 199 Å². The topological polar surface area (TPSA) is 69.6 Å². The smallest absolute Gasteiger partial charge is 0.335 e. The van der Waals surface area contributed by atoms with Crippen LogP contribution < -0.4 is 10.2 Å². The van der Waals surface area contributed by atoms with Crippen molar-refractivity contribution in [3.63, 3.8) is 0 Å². The first-order valence-corrected chi connectivity index (χ1v) is 11.6. The van der Waals surface area contributed by atoms with Gasteiger partial charge in [-0.05, 0) is 54.7 Å². The molecular formula is C27H27ClN2O3. The van der Waals surface area contributed by atoms with Crippen molar-refractivity contribution in [1.29, 1.82) is 0 Å². The molecule has 1 unspecified atom stereocenters. The maximum Gasteiger partial charge on any atom is 0.335 e. The lowest BCUT2D eigenvalue weighted by Gasteiger charge is -2.33. The Balaban J connectivity index is 1.63. The van der Waals surface area contributed by atoms with Crippen LogP contribution in [0.5, 0.6) is 0 Å². The van der Waals surface area contributed by atoms with Crippen molar-refractivity contribution in [2.75, 3.05) is 18.0 Å². The molecule has 0 saturated carbocycles. The van der Waals surface area contributed by atoms with Gasteiger partial charge in [-0.15, -0.1) is 0 Å². The minimum atomic E-state index is -0.983. The van der Waals surface area contributed by atoms with E-state index in [0.717, 1.165) is 48.3 Å². The summed E-state index contributed by atoms with van der Waals surface area (Å²) in [7, 11) is 0. The number of halogens is 1. The number of carboxylic acid groups (broad SMARTS) is 1. The van der Waals surface area contributed by atoms with E-state index in [1.54, 1.807) is 12.1 Å². The molecule has 1 amide bonds. The number of hydrogen-bond donors (Lipinski definition) is 2. The molecule has 1 aliphatic heterocycles. The Morgan fingerprint density at radius 1 is 0.939 bits per heavy atom. The van der Waals surface area contributed by atoms with Gasteiger partial charge in [0.15, 0.2) is 0 Å². The van der Waals surface area contributed by atoms with Crippen molar-refractivity contribution in [3.8, 4) is 0 Å². The van der Waals surface area contributed by atoms with E-state index in [0.29, 0.717) is 5.02 Å². The maximum atomic E-state index is 13.1. The van der Waals surface area contributed by atoms with Crippen LogP contribution in [0.1, 0.15) is 52.4 Å². The second-order valence-electron chi connectivity index (χ2n) is 8.34. The van der Waals surface area contributed by atoms with E-state index < -0.39 is 5.97 Å². The summed E-state index contributed by atoms with van der Waals surface area (Å²) in [5, 5.41) is 13.0. The standard InChI is InChI=1S/C27H27ClN2O3/c28-22-13-14-23(24(18-22)30-15-5-2-6-16-30)26(20-7-3-1-4-8-20)29-25(31)17-19-9-11-21(12-10-19)27(32)33/h1,3-4,7-14,18,26H,2,5-6,15-17H2,(H,29,31)(H,32,33). The monoisotopic (exact) mass is 462 g/mol. The first-order valence-electron chi connectivity index (χ1n) is 11.2. The number of carbonyl (C=O) groups excluding carboxylic acids is 1. The van der Waals surface area contributed by atoms with E-state index in [1.807, 2.05) is 48.5 Å². The third-order valence-corrected chi connectivity index (χ3v) is 6.24. The van der Waals surface area contributed by atoms with Crippen molar-refractivity contribution in [1.82, 2.24) is 5.32 Å². The number of anilines is 1. The van der Waals surface area contributed by atoms with Crippen LogP contribution in [0.15, 0.2) is 72.8 Å². The van der Waals surface area contributed by atoms with Gasteiger partial charge in [0.25, 0.3) is 0 Å². The first-order chi connectivity index (χ1) is 16.0. The fourth-order valence-electron chi connectivity index (χ4n) is 4.32. The summed E-state index contributed by atoms with van der Waals surface area (Å²) in [6.07, 6.45) is 3.67. The van der Waals surface area contributed by atoms with Crippen LogP contribution >= 0.6 is 11.6 Å². The zero-order valence-electron chi connectivity index (χ0n) is 18.3. The molecule has 170 valence electrons. The summed E-state index contributed by atoms with van der Waals surface area (Å²) in [4.78, 5) is 26.5. The molecule has 5 nitrogen and oxygen atoms in total. The summed E-state index contributed by atoms with van der Waals surface area (Å²) < 4.78 is 0. The molecule has 3 aromatic carbocycles. The molecular weight excluding hydrogens is 436 g/mol. The third kappa shape index (κ3) is 5.74. The second kappa shape index (κ2) is 10.5. The molecule has 1 fully saturated rings. The van der Waals surface area contributed by atoms with Crippen LogP contribution in [-0.2, 0) is 11.2 Å². The highest BCUT2D eigenvalue weighted by Gasteiger charge is 2.24. The first kappa shape index (κ1) is 22.9. The molecule has 0 aromatic heterocycles. The van der Waals surface area contributed by atoms with E-state index in [2.05, 4.69) is 10.2 Å². The molecule has 0 bridgehead atoms. The third-order valence-electron chi connectivity index (χ3n) is 6.00. The van der Waals surface area contributed by atoms with Gasteiger partial charge in [0.05, 0.1) is 18.0 Å². The highest BCUT2D eigenvalue weighted by Crippen LogP contribution is 2.34. The Morgan fingerprint density at radius 3 is 2.30 bits per heavy atom. The Hall–Kier alpha value is -3.31. The zero-order valence-corrected chi connectivity index (χ0v) is 19.1. The number of piperidine rings is 1. The highest BCUT2D eigenvalue weighted by atomic mass is 35.5. The Morgan fingerprint density at radius 2 is 1.64 bits per heavy atom. The van der Waals surface area contributed by atoms with Gasteiger partial charge in [-0.25, -0.2) is 4.79 Å². The molecule has 6 heteroatoms. The van der Waals surface area contributed by atoms with Gasteiger partial charge in [0.1, 0.15) is 0 Å². The lowest BCUT2D eigenvalue weighted by molar-refractivity contribution is -0.120. The average Bonchev–Trinajstić information content (AvgIpc) is 2.84. The van der Waals surface area contributed by atoms with Gasteiger partial charge >= 0.3 is 5.97 Å². The molecule has 4 rings (SSSR count). The van der Waals surface area contributed by atoms with Crippen LogP contribution in [0.25, 0.3) is 0 Å². The van der Waals surface area contributed by atoms with Gasteiger partial charge in [-0.2, -0.15) is 0 Å². The Bertz CT molecular complexity index is 1110. The molecule has 0 spiro atoms. The van der Waals surface area contributed by atoms with Crippen LogP contribution in [0.2, 0.25) is 5.02 Å². The molecule has 3 aromatic rings. The lowest BCUT2D eigenvalue weighted by atomic mass is 9.95. The number of hydrogen-bond acceptors (Lipinski definition) is 3. The van der Waals surface area contributed by atoms with Crippen LogP contribution in [0.4, 0.5) is 5.69 Å². The molecule has 0 radical (unpaired) electrons. The fraction of sp³-hybridized carbons (Fsp3) is 0.259. The minimum absolute atomic E-state index is 0.133. The minimum Gasteiger partial charge on any atom is -0.478 e. The van der Waals surface area contributed by atoms with Crippen molar-refractivity contribution in [2.45, 2.75) is 31.7 Å². The van der Waals surface area contributed by atoms with E-state index in [9.17, 15) is 9.59 Å². The van der Waals surface area contributed by atoms with Crippen molar-refractivity contribution < 1.29 is 14.7 Å². The molecule has 0 aliphatic carbocycles. The predicted octanol–water partition coefficient (Wildman–Crippen LogP) is 5.48. The number of amides is 1. The van der Waals surface area contributed by atoms with E-state index in [4.69, 9.17) is 16.7 Å². The number of nitrogens with one attached hydrogen (secondary N) is 1. The van der Waals surface area contributed by atoms with Crippen LogP contribution in [0, 0.1) is 0 Å². The number of carboxylic acids is 1. The van der Waals surface area contributed by atoms with Gasteiger partial charge < -0.3 is 15.3 Å². The van der Waals surface area contributed by atoms with Gasteiger partial charge in [0.2, 0.25) is 5.91 Å². The summed E-state index contributed by atoms with van der Waals surface area (Å²) in [5.41, 5.74) is 4.03. The van der Waals surface area contributed by atoms with Crippen molar-refractivity contribution >= 4 is 29.2 Å². The lowest BCUT2D eigenvalue weighted by Crippen LogP contribution is -2.34. The summed E-state index contributed by atoms with van der Waals surface area (Å²) >= 11 is 6.38. The van der Waals surface area contributed by atoms with Crippen LogP contribution in [-0.4, -0.2) is 30.1 Å². The normalized spacial score (nSPS) is 14.5. The van der Waals surface area contributed by atoms with Gasteiger partial charge in [-0.1, -0.05) is 60.1 Å². The average molecular weight is 463 g/mol. The predicted molar refractivity (Wildman–Crippen MR) is 131 cm³/mol. The molecule has 1 saturated heterocycles. The molecule has 33 heavy (non-hydrogen) atoms.